The van der Waals surface area contributed by atoms with Crippen molar-refractivity contribution in [3.05, 3.63) is 53.6 Å². The van der Waals surface area contributed by atoms with Crippen molar-refractivity contribution in [2.24, 2.45) is 0 Å². The van der Waals surface area contributed by atoms with E-state index in [-0.39, 0.29) is 30.7 Å². The molecule has 1 aromatic carbocycles. The molecule has 1 aliphatic heterocycles. The Bertz CT molecular complexity index is 687. The van der Waals surface area contributed by atoms with E-state index in [2.05, 4.69) is 10.2 Å². The van der Waals surface area contributed by atoms with Crippen LogP contribution in [0.2, 0.25) is 0 Å². The average Bonchev–Trinajstić information content (AvgIpc) is 3.05. The van der Waals surface area contributed by atoms with Crippen LogP contribution in [-0.2, 0) is 11.3 Å². The molecule has 7 heteroatoms. The fourth-order valence-electron chi connectivity index (χ4n) is 2.43. The topological polar surface area (TPSA) is 69.3 Å². The highest BCUT2D eigenvalue weighted by atomic mass is 19.1. The van der Waals surface area contributed by atoms with E-state index in [1.165, 1.54) is 23.4 Å². The molecule has 2 amide bonds. The van der Waals surface area contributed by atoms with E-state index in [1.54, 1.807) is 23.1 Å². The molecule has 1 fully saturated rings. The SMILES string of the molecule is O=C1CN(C(=O)c2cn[nH]c2)CCN1Cc1ccccc1F. The molecule has 1 saturated heterocycles. The summed E-state index contributed by atoms with van der Waals surface area (Å²) in [6, 6.07) is 6.38. The normalized spacial score (nSPS) is 15.2. The first-order valence-corrected chi connectivity index (χ1v) is 6.94. The Balaban J connectivity index is 1.64. The van der Waals surface area contributed by atoms with Crippen LogP contribution in [0.15, 0.2) is 36.7 Å². The molecule has 0 atom stereocenters. The van der Waals surface area contributed by atoms with Gasteiger partial charge in [0.15, 0.2) is 0 Å². The third-order valence-electron chi connectivity index (χ3n) is 3.67. The van der Waals surface area contributed by atoms with E-state index in [0.29, 0.717) is 24.2 Å². The summed E-state index contributed by atoms with van der Waals surface area (Å²) in [6.45, 7) is 1.03. The molecule has 114 valence electrons. The molecule has 3 rings (SSSR count). The molecule has 6 nitrogen and oxygen atoms in total. The predicted molar refractivity (Wildman–Crippen MR) is 76.3 cm³/mol. The maximum atomic E-state index is 13.6. The zero-order valence-electron chi connectivity index (χ0n) is 11.8. The van der Waals surface area contributed by atoms with E-state index >= 15 is 0 Å². The molecule has 0 saturated carbocycles. The summed E-state index contributed by atoms with van der Waals surface area (Å²) in [7, 11) is 0. The van der Waals surface area contributed by atoms with Gasteiger partial charge in [-0.25, -0.2) is 4.39 Å². The third kappa shape index (κ3) is 2.83. The second-order valence-electron chi connectivity index (χ2n) is 5.12. The maximum Gasteiger partial charge on any atom is 0.257 e. The van der Waals surface area contributed by atoms with Crippen LogP contribution in [0.5, 0.6) is 0 Å². The highest BCUT2D eigenvalue weighted by Crippen LogP contribution is 2.14. The molecule has 2 heterocycles. The highest BCUT2D eigenvalue weighted by molar-refractivity contribution is 5.96. The number of benzene rings is 1. The van der Waals surface area contributed by atoms with Crippen molar-refractivity contribution in [3.8, 4) is 0 Å². The molecule has 2 aromatic rings. The quantitative estimate of drug-likeness (QED) is 0.921. The van der Waals surface area contributed by atoms with Crippen LogP contribution in [0.4, 0.5) is 4.39 Å². The van der Waals surface area contributed by atoms with Gasteiger partial charge in [-0.2, -0.15) is 5.10 Å². The number of halogens is 1. The van der Waals surface area contributed by atoms with Crippen LogP contribution < -0.4 is 0 Å². The van der Waals surface area contributed by atoms with Crippen LogP contribution in [0, 0.1) is 5.82 Å². The van der Waals surface area contributed by atoms with Crippen molar-refractivity contribution in [2.75, 3.05) is 19.6 Å². The average molecular weight is 302 g/mol. The molecule has 0 spiro atoms. The Labute approximate surface area is 126 Å². The zero-order chi connectivity index (χ0) is 15.5. The molecular formula is C15H15FN4O2. The van der Waals surface area contributed by atoms with Gasteiger partial charge >= 0.3 is 0 Å². The van der Waals surface area contributed by atoms with Crippen molar-refractivity contribution in [3.63, 3.8) is 0 Å². The Morgan fingerprint density at radius 3 is 2.82 bits per heavy atom. The summed E-state index contributed by atoms with van der Waals surface area (Å²) in [5.41, 5.74) is 0.904. The monoisotopic (exact) mass is 302 g/mol. The first kappa shape index (κ1) is 14.2. The molecule has 1 aliphatic rings. The van der Waals surface area contributed by atoms with E-state index in [4.69, 9.17) is 0 Å². The minimum Gasteiger partial charge on any atom is -0.335 e. The number of piperazine rings is 1. The fourth-order valence-corrected chi connectivity index (χ4v) is 2.43. The number of carbonyl (C=O) groups is 2. The lowest BCUT2D eigenvalue weighted by Gasteiger charge is -2.34. The first-order valence-electron chi connectivity index (χ1n) is 6.94. The summed E-state index contributed by atoms with van der Waals surface area (Å²) in [5, 5.41) is 6.30. The molecule has 0 unspecified atom stereocenters. The van der Waals surface area contributed by atoms with Gasteiger partial charge in [0, 0.05) is 31.4 Å². The van der Waals surface area contributed by atoms with Gasteiger partial charge in [0.1, 0.15) is 12.4 Å². The third-order valence-corrected chi connectivity index (χ3v) is 3.67. The number of aromatic amines is 1. The zero-order valence-corrected chi connectivity index (χ0v) is 11.8. The van der Waals surface area contributed by atoms with Gasteiger partial charge in [-0.15, -0.1) is 0 Å². The molecule has 22 heavy (non-hydrogen) atoms. The highest BCUT2D eigenvalue weighted by Gasteiger charge is 2.28. The summed E-state index contributed by atoms with van der Waals surface area (Å²) >= 11 is 0. The first-order chi connectivity index (χ1) is 10.6. The van der Waals surface area contributed by atoms with Crippen LogP contribution in [-0.4, -0.2) is 51.4 Å². The van der Waals surface area contributed by atoms with Crippen LogP contribution in [0.25, 0.3) is 0 Å². The van der Waals surface area contributed by atoms with Crippen LogP contribution >= 0.6 is 0 Å². The van der Waals surface area contributed by atoms with Crippen molar-refractivity contribution >= 4 is 11.8 Å². The number of nitrogens with zero attached hydrogens (tertiary/aromatic N) is 3. The van der Waals surface area contributed by atoms with Crippen molar-refractivity contribution in [2.45, 2.75) is 6.54 Å². The van der Waals surface area contributed by atoms with Gasteiger partial charge in [0.25, 0.3) is 5.91 Å². The molecular weight excluding hydrogens is 287 g/mol. The Morgan fingerprint density at radius 2 is 2.14 bits per heavy atom. The van der Waals surface area contributed by atoms with Gasteiger partial charge in [-0.05, 0) is 6.07 Å². The molecule has 1 N–H and O–H groups in total. The number of nitrogens with one attached hydrogen (secondary N) is 1. The van der Waals surface area contributed by atoms with Gasteiger partial charge in [0.05, 0.1) is 11.8 Å². The molecule has 0 radical (unpaired) electrons. The smallest absolute Gasteiger partial charge is 0.257 e. The van der Waals surface area contributed by atoms with Gasteiger partial charge < -0.3 is 9.80 Å². The second-order valence-corrected chi connectivity index (χ2v) is 5.12. The minimum absolute atomic E-state index is 0.00152. The van der Waals surface area contributed by atoms with Crippen LogP contribution in [0.3, 0.4) is 0 Å². The summed E-state index contributed by atoms with van der Waals surface area (Å²) in [4.78, 5) is 27.4. The van der Waals surface area contributed by atoms with E-state index in [0.717, 1.165) is 0 Å². The van der Waals surface area contributed by atoms with E-state index in [1.807, 2.05) is 0 Å². The molecule has 1 aromatic heterocycles. The minimum atomic E-state index is -0.327. The molecule has 0 aliphatic carbocycles. The fraction of sp³-hybridized carbons (Fsp3) is 0.267. The number of aromatic nitrogens is 2. The number of hydrogen-bond acceptors (Lipinski definition) is 3. The standard InChI is InChI=1S/C15H15FN4O2/c16-13-4-2-1-3-11(13)9-19-5-6-20(10-14(19)21)15(22)12-7-17-18-8-12/h1-4,7-8H,5-6,9-10H2,(H,17,18). The Hall–Kier alpha value is -2.70. The largest absolute Gasteiger partial charge is 0.335 e. The number of amides is 2. The lowest BCUT2D eigenvalue weighted by Crippen LogP contribution is -2.51. The van der Waals surface area contributed by atoms with Crippen molar-refractivity contribution < 1.29 is 14.0 Å². The maximum absolute atomic E-state index is 13.6. The second kappa shape index (κ2) is 5.97. The Kier molecular flexibility index (Phi) is 3.86. The number of carbonyl (C=O) groups excluding carboxylic acids is 2. The number of hydrogen-bond donors (Lipinski definition) is 1. The van der Waals surface area contributed by atoms with E-state index in [9.17, 15) is 14.0 Å². The summed E-state index contributed by atoms with van der Waals surface area (Å²) < 4.78 is 13.6. The van der Waals surface area contributed by atoms with Gasteiger partial charge in [-0.1, -0.05) is 18.2 Å². The van der Waals surface area contributed by atoms with Crippen LogP contribution in [0.1, 0.15) is 15.9 Å². The van der Waals surface area contributed by atoms with E-state index < -0.39 is 0 Å². The summed E-state index contributed by atoms with van der Waals surface area (Å²) in [6.07, 6.45) is 2.93. The lowest BCUT2D eigenvalue weighted by atomic mass is 10.1. The lowest BCUT2D eigenvalue weighted by molar-refractivity contribution is -0.135. The Morgan fingerprint density at radius 1 is 1.32 bits per heavy atom. The number of H-pyrrole nitrogens is 1. The van der Waals surface area contributed by atoms with Crippen molar-refractivity contribution in [1.82, 2.24) is 20.0 Å². The molecule has 0 bridgehead atoms. The number of rotatable bonds is 3. The summed E-state index contributed by atoms with van der Waals surface area (Å²) in [5.74, 6) is -0.744. The predicted octanol–water partition coefficient (Wildman–Crippen LogP) is 1.03. The van der Waals surface area contributed by atoms with Crippen molar-refractivity contribution in [1.29, 1.82) is 0 Å². The van der Waals surface area contributed by atoms with Gasteiger partial charge in [0.2, 0.25) is 5.91 Å². The van der Waals surface area contributed by atoms with Gasteiger partial charge in [-0.3, -0.25) is 14.7 Å².